The summed E-state index contributed by atoms with van der Waals surface area (Å²) in [5.41, 5.74) is 0.441. The van der Waals surface area contributed by atoms with Crippen LogP contribution in [0.15, 0.2) is 27.6 Å². The summed E-state index contributed by atoms with van der Waals surface area (Å²) in [6.07, 6.45) is -2.10. The summed E-state index contributed by atoms with van der Waals surface area (Å²) in [6.45, 7) is 3.72. The Hall–Kier alpha value is -1.42. The van der Waals surface area contributed by atoms with Crippen LogP contribution in [0.5, 0.6) is 0 Å². The van der Waals surface area contributed by atoms with E-state index in [0.717, 1.165) is 11.3 Å². The average molecular weight is 342 g/mol. The van der Waals surface area contributed by atoms with Crippen molar-refractivity contribution in [3.63, 3.8) is 0 Å². The second-order valence-electron chi connectivity index (χ2n) is 3.82. The number of aromatic nitrogens is 1. The fourth-order valence-electron chi connectivity index (χ4n) is 1.18. The summed E-state index contributed by atoms with van der Waals surface area (Å²) >= 11 is 0.823. The molecule has 0 saturated heterocycles. The van der Waals surface area contributed by atoms with Crippen LogP contribution in [0.25, 0.3) is 0 Å². The SMILES string of the molecule is CCO/N=C(\C)c1cnc(S(=O)(=O)CCC(F)=C(F)F)s1. The third kappa shape index (κ3) is 5.12. The summed E-state index contributed by atoms with van der Waals surface area (Å²) in [5, 5.41) is 3.73. The first kappa shape index (κ1) is 17.6. The lowest BCUT2D eigenvalue weighted by atomic mass is 10.4. The molecule has 0 bridgehead atoms. The molecule has 0 atom stereocenters. The fraction of sp³-hybridized carbons (Fsp3) is 0.455. The number of hydrogen-bond acceptors (Lipinski definition) is 6. The second-order valence-corrected chi connectivity index (χ2v) is 7.13. The molecule has 0 aromatic carbocycles. The molecular weight excluding hydrogens is 329 g/mol. The zero-order valence-electron chi connectivity index (χ0n) is 11.3. The number of hydrogen-bond donors (Lipinski definition) is 0. The van der Waals surface area contributed by atoms with Crippen molar-refractivity contribution in [3.05, 3.63) is 23.0 Å². The van der Waals surface area contributed by atoms with Crippen LogP contribution < -0.4 is 0 Å². The van der Waals surface area contributed by atoms with E-state index in [1.54, 1.807) is 13.8 Å². The summed E-state index contributed by atoms with van der Waals surface area (Å²) in [4.78, 5) is 9.00. The van der Waals surface area contributed by atoms with Crippen LogP contribution in [-0.2, 0) is 14.7 Å². The van der Waals surface area contributed by atoms with E-state index in [2.05, 4.69) is 10.1 Å². The van der Waals surface area contributed by atoms with Crippen molar-refractivity contribution in [1.29, 1.82) is 0 Å². The van der Waals surface area contributed by atoms with Gasteiger partial charge in [-0.2, -0.15) is 8.78 Å². The lowest BCUT2D eigenvalue weighted by Crippen LogP contribution is -2.06. The van der Waals surface area contributed by atoms with Gasteiger partial charge in [-0.05, 0) is 13.8 Å². The van der Waals surface area contributed by atoms with E-state index in [4.69, 9.17) is 4.84 Å². The Morgan fingerprint density at radius 3 is 2.67 bits per heavy atom. The van der Waals surface area contributed by atoms with Crippen LogP contribution in [0.4, 0.5) is 13.2 Å². The first-order chi connectivity index (χ1) is 9.77. The number of nitrogens with zero attached hydrogens (tertiary/aromatic N) is 2. The molecule has 0 saturated carbocycles. The number of oxime groups is 1. The molecule has 21 heavy (non-hydrogen) atoms. The van der Waals surface area contributed by atoms with Crippen molar-refractivity contribution < 1.29 is 26.4 Å². The van der Waals surface area contributed by atoms with Crippen LogP contribution in [-0.4, -0.2) is 31.5 Å². The zero-order valence-corrected chi connectivity index (χ0v) is 12.9. The molecule has 5 nitrogen and oxygen atoms in total. The number of sulfone groups is 1. The first-order valence-electron chi connectivity index (χ1n) is 5.83. The summed E-state index contributed by atoms with van der Waals surface area (Å²) in [7, 11) is -3.92. The van der Waals surface area contributed by atoms with Gasteiger partial charge in [0, 0.05) is 12.6 Å². The molecule has 0 fully saturated rings. The van der Waals surface area contributed by atoms with E-state index in [1.807, 2.05) is 0 Å². The predicted octanol–water partition coefficient (Wildman–Crippen LogP) is 3.15. The van der Waals surface area contributed by atoms with E-state index < -0.39 is 33.9 Å². The van der Waals surface area contributed by atoms with Gasteiger partial charge in [-0.25, -0.2) is 17.8 Å². The standard InChI is InChI=1S/C11H13F3N2O3S2/c1-3-19-16-7(2)9-6-15-11(20-9)21(17,18)5-4-8(12)10(13)14/h6H,3-5H2,1-2H3/b16-7+. The van der Waals surface area contributed by atoms with Gasteiger partial charge in [0.05, 0.1) is 16.3 Å². The van der Waals surface area contributed by atoms with Crippen LogP contribution in [0.2, 0.25) is 0 Å². The number of thiazole rings is 1. The van der Waals surface area contributed by atoms with Gasteiger partial charge >= 0.3 is 6.08 Å². The highest BCUT2D eigenvalue weighted by Crippen LogP contribution is 2.23. The number of rotatable bonds is 7. The van der Waals surface area contributed by atoms with Crippen molar-refractivity contribution in [3.8, 4) is 0 Å². The maximum Gasteiger partial charge on any atom is 0.301 e. The smallest absolute Gasteiger partial charge is 0.301 e. The third-order valence-electron chi connectivity index (χ3n) is 2.23. The van der Waals surface area contributed by atoms with Crippen LogP contribution in [0.1, 0.15) is 25.1 Å². The van der Waals surface area contributed by atoms with Crippen LogP contribution in [0, 0.1) is 0 Å². The quantitative estimate of drug-likeness (QED) is 0.564. The van der Waals surface area contributed by atoms with Crippen LogP contribution >= 0.6 is 11.3 Å². The minimum absolute atomic E-state index is 0.268. The highest BCUT2D eigenvalue weighted by molar-refractivity contribution is 7.93. The lowest BCUT2D eigenvalue weighted by Gasteiger charge is -1.99. The van der Waals surface area contributed by atoms with Gasteiger partial charge in [-0.1, -0.05) is 5.16 Å². The van der Waals surface area contributed by atoms with E-state index in [9.17, 15) is 21.6 Å². The largest absolute Gasteiger partial charge is 0.396 e. The molecule has 0 amide bonds. The highest BCUT2D eigenvalue weighted by Gasteiger charge is 2.21. The van der Waals surface area contributed by atoms with Gasteiger partial charge < -0.3 is 4.84 Å². The van der Waals surface area contributed by atoms with E-state index in [-0.39, 0.29) is 4.34 Å². The zero-order chi connectivity index (χ0) is 16.0. The van der Waals surface area contributed by atoms with E-state index in [0.29, 0.717) is 17.2 Å². The topological polar surface area (TPSA) is 68.6 Å². The van der Waals surface area contributed by atoms with Crippen molar-refractivity contribution in [2.75, 3.05) is 12.4 Å². The summed E-state index contributed by atoms with van der Waals surface area (Å²) in [6, 6.07) is 0. The molecule has 1 rings (SSSR count). The number of allylic oxidation sites excluding steroid dienone is 1. The molecule has 1 aromatic heterocycles. The lowest BCUT2D eigenvalue weighted by molar-refractivity contribution is 0.159. The molecule has 1 aromatic rings. The molecule has 0 aliphatic rings. The Morgan fingerprint density at radius 1 is 1.43 bits per heavy atom. The summed E-state index contributed by atoms with van der Waals surface area (Å²) < 4.78 is 59.9. The van der Waals surface area contributed by atoms with Gasteiger partial charge in [0.1, 0.15) is 6.61 Å². The Kier molecular flexibility index (Phi) is 6.34. The minimum atomic E-state index is -3.92. The predicted molar refractivity (Wildman–Crippen MR) is 73.0 cm³/mol. The molecule has 0 aliphatic carbocycles. The maximum atomic E-state index is 12.7. The van der Waals surface area contributed by atoms with Gasteiger partial charge in [0.15, 0.2) is 5.83 Å². The molecule has 0 aliphatic heterocycles. The molecule has 0 radical (unpaired) electrons. The highest BCUT2D eigenvalue weighted by atomic mass is 32.2. The van der Waals surface area contributed by atoms with Crippen molar-refractivity contribution in [2.24, 2.45) is 5.16 Å². The Balaban J connectivity index is 2.86. The molecule has 0 N–H and O–H groups in total. The molecular formula is C11H13F3N2O3S2. The van der Waals surface area contributed by atoms with E-state index in [1.165, 1.54) is 6.20 Å². The van der Waals surface area contributed by atoms with Gasteiger partial charge in [0.25, 0.3) is 0 Å². The second kappa shape index (κ2) is 7.55. The average Bonchev–Trinajstić information content (AvgIpc) is 2.92. The third-order valence-corrected chi connectivity index (χ3v) is 5.52. The van der Waals surface area contributed by atoms with Crippen molar-refractivity contribution >= 4 is 26.9 Å². The minimum Gasteiger partial charge on any atom is -0.396 e. The monoisotopic (exact) mass is 342 g/mol. The van der Waals surface area contributed by atoms with Gasteiger partial charge in [-0.3, -0.25) is 0 Å². The first-order valence-corrected chi connectivity index (χ1v) is 8.30. The van der Waals surface area contributed by atoms with E-state index >= 15 is 0 Å². The fourth-order valence-corrected chi connectivity index (χ4v) is 3.63. The Bertz CT molecular complexity index is 649. The normalized spacial score (nSPS) is 12.3. The van der Waals surface area contributed by atoms with Crippen molar-refractivity contribution in [2.45, 2.75) is 24.6 Å². The maximum absolute atomic E-state index is 12.7. The van der Waals surface area contributed by atoms with Crippen LogP contribution in [0.3, 0.4) is 0 Å². The molecule has 1 heterocycles. The molecule has 0 spiro atoms. The molecule has 10 heteroatoms. The van der Waals surface area contributed by atoms with Gasteiger partial charge in [0.2, 0.25) is 14.2 Å². The Labute approximate surface area is 124 Å². The summed E-state index contributed by atoms with van der Waals surface area (Å²) in [5.74, 6) is -2.51. The molecule has 118 valence electrons. The molecule has 0 unspecified atom stereocenters. The van der Waals surface area contributed by atoms with Crippen molar-refractivity contribution in [1.82, 2.24) is 4.98 Å². The number of halogens is 3. The van der Waals surface area contributed by atoms with Gasteiger partial charge in [-0.15, -0.1) is 11.3 Å². The Morgan fingerprint density at radius 2 is 2.10 bits per heavy atom.